The van der Waals surface area contributed by atoms with Gasteiger partial charge in [0, 0.05) is 23.5 Å². The summed E-state index contributed by atoms with van der Waals surface area (Å²) in [7, 11) is 1.52. The highest BCUT2D eigenvalue weighted by atomic mass is 35.5. The molecule has 3 aromatic rings. The number of aryl methyl sites for hydroxylation is 2. The standard InChI is InChI=1S/C16H20N2O4.C7H7Cl.C2H6/c1-11-15(19)18(8-7-17-11)12-5-6-13(14(9-12)21-4)22-10-16(2,3)20;1-6-4-2-3-5-7(6)8;1-2/h5-9,20H,10H2,1-4H3;2-5H,1H3;1-2H3. The molecular formula is C25H33ClN2O4. The summed E-state index contributed by atoms with van der Waals surface area (Å²) >= 11 is 5.71. The van der Waals surface area contributed by atoms with Crippen LogP contribution in [0.15, 0.2) is 59.7 Å². The molecule has 174 valence electrons. The van der Waals surface area contributed by atoms with Crippen molar-refractivity contribution in [1.29, 1.82) is 0 Å². The number of rotatable bonds is 5. The Bertz CT molecular complexity index is 1020. The zero-order chi connectivity index (χ0) is 24.3. The molecule has 3 rings (SSSR count). The largest absolute Gasteiger partial charge is 0.493 e. The van der Waals surface area contributed by atoms with Crippen molar-refractivity contribution < 1.29 is 14.6 Å². The molecule has 32 heavy (non-hydrogen) atoms. The van der Waals surface area contributed by atoms with Gasteiger partial charge in [-0.1, -0.05) is 43.6 Å². The van der Waals surface area contributed by atoms with Crippen LogP contribution in [-0.4, -0.2) is 34.0 Å². The van der Waals surface area contributed by atoms with E-state index in [1.807, 2.05) is 45.0 Å². The highest BCUT2D eigenvalue weighted by Crippen LogP contribution is 2.29. The smallest absolute Gasteiger partial charge is 0.276 e. The Labute approximate surface area is 195 Å². The molecule has 2 aromatic carbocycles. The van der Waals surface area contributed by atoms with E-state index in [-0.39, 0.29) is 12.2 Å². The van der Waals surface area contributed by atoms with E-state index in [0.29, 0.717) is 22.9 Å². The predicted molar refractivity (Wildman–Crippen MR) is 130 cm³/mol. The van der Waals surface area contributed by atoms with Crippen LogP contribution in [0, 0.1) is 13.8 Å². The third-order valence-electron chi connectivity index (χ3n) is 4.10. The second kappa shape index (κ2) is 12.9. The Morgan fingerprint density at radius 2 is 1.75 bits per heavy atom. The summed E-state index contributed by atoms with van der Waals surface area (Å²) < 4.78 is 12.4. The van der Waals surface area contributed by atoms with Crippen LogP contribution in [0.25, 0.3) is 5.69 Å². The quantitative estimate of drug-likeness (QED) is 0.553. The average Bonchev–Trinajstić information content (AvgIpc) is 2.77. The molecule has 0 aliphatic rings. The molecule has 0 aliphatic heterocycles. The molecular weight excluding hydrogens is 428 g/mol. The number of hydrogen-bond acceptors (Lipinski definition) is 5. The molecule has 0 amide bonds. The number of methoxy groups -OCH3 is 1. The molecule has 0 aliphatic carbocycles. The third kappa shape index (κ3) is 8.36. The Kier molecular flexibility index (Phi) is 11.0. The first-order valence-electron chi connectivity index (χ1n) is 10.4. The van der Waals surface area contributed by atoms with E-state index in [0.717, 1.165) is 10.6 Å². The molecule has 0 saturated carbocycles. The van der Waals surface area contributed by atoms with Crippen LogP contribution in [0.4, 0.5) is 0 Å². The fourth-order valence-corrected chi connectivity index (χ4v) is 2.58. The van der Waals surface area contributed by atoms with E-state index in [9.17, 15) is 9.90 Å². The number of halogens is 1. The van der Waals surface area contributed by atoms with Gasteiger partial charge < -0.3 is 14.6 Å². The lowest BCUT2D eigenvalue weighted by atomic mass is 10.2. The van der Waals surface area contributed by atoms with Gasteiger partial charge in [0.15, 0.2) is 11.5 Å². The van der Waals surface area contributed by atoms with Gasteiger partial charge in [0.1, 0.15) is 12.3 Å². The van der Waals surface area contributed by atoms with Crippen molar-refractivity contribution in [3.63, 3.8) is 0 Å². The van der Waals surface area contributed by atoms with Gasteiger partial charge in [0.25, 0.3) is 5.56 Å². The maximum Gasteiger partial charge on any atom is 0.276 e. The average molecular weight is 461 g/mol. The number of ether oxygens (including phenoxy) is 2. The summed E-state index contributed by atoms with van der Waals surface area (Å²) in [6.07, 6.45) is 3.17. The van der Waals surface area contributed by atoms with Crippen molar-refractivity contribution in [2.75, 3.05) is 13.7 Å². The molecule has 6 nitrogen and oxygen atoms in total. The van der Waals surface area contributed by atoms with Crippen LogP contribution in [0.1, 0.15) is 39.0 Å². The van der Waals surface area contributed by atoms with Crippen LogP contribution in [0.3, 0.4) is 0 Å². The zero-order valence-corrected chi connectivity index (χ0v) is 20.6. The van der Waals surface area contributed by atoms with Crippen LogP contribution < -0.4 is 15.0 Å². The van der Waals surface area contributed by atoms with Crippen LogP contribution >= 0.6 is 11.6 Å². The fourth-order valence-electron chi connectivity index (χ4n) is 2.44. The lowest BCUT2D eigenvalue weighted by molar-refractivity contribution is 0.0276. The molecule has 7 heteroatoms. The summed E-state index contributed by atoms with van der Waals surface area (Å²) in [5.74, 6) is 0.996. The van der Waals surface area contributed by atoms with Crippen molar-refractivity contribution in [2.45, 2.75) is 47.1 Å². The number of hydrogen-bond donors (Lipinski definition) is 1. The monoisotopic (exact) mass is 460 g/mol. The SMILES string of the molecule is CC.COc1cc(-n2ccnc(C)c2=O)ccc1OCC(C)(C)O.Cc1ccccc1Cl. The molecule has 0 spiro atoms. The lowest BCUT2D eigenvalue weighted by Crippen LogP contribution is -2.28. The molecule has 0 unspecified atom stereocenters. The maximum atomic E-state index is 12.1. The van der Waals surface area contributed by atoms with Gasteiger partial charge >= 0.3 is 0 Å². The fraction of sp³-hybridized carbons (Fsp3) is 0.360. The van der Waals surface area contributed by atoms with Gasteiger partial charge in [-0.25, -0.2) is 0 Å². The van der Waals surface area contributed by atoms with E-state index in [2.05, 4.69) is 4.98 Å². The van der Waals surface area contributed by atoms with Gasteiger partial charge in [-0.15, -0.1) is 0 Å². The number of nitrogens with zero attached hydrogens (tertiary/aromatic N) is 2. The van der Waals surface area contributed by atoms with Crippen LogP contribution in [0.2, 0.25) is 5.02 Å². The lowest BCUT2D eigenvalue weighted by Gasteiger charge is -2.19. The summed E-state index contributed by atoms with van der Waals surface area (Å²) in [5.41, 5.74) is 1.08. The Morgan fingerprint density at radius 3 is 2.28 bits per heavy atom. The van der Waals surface area contributed by atoms with E-state index in [1.165, 1.54) is 11.7 Å². The predicted octanol–water partition coefficient (Wildman–Crippen LogP) is 5.37. The van der Waals surface area contributed by atoms with Crippen LogP contribution in [0.5, 0.6) is 11.5 Å². The minimum atomic E-state index is -0.942. The van der Waals surface area contributed by atoms with Crippen molar-refractivity contribution >= 4 is 11.6 Å². The number of benzene rings is 2. The Balaban J connectivity index is 0.000000427. The van der Waals surface area contributed by atoms with E-state index >= 15 is 0 Å². The molecule has 0 saturated heterocycles. The third-order valence-corrected chi connectivity index (χ3v) is 4.52. The minimum Gasteiger partial charge on any atom is -0.493 e. The van der Waals surface area contributed by atoms with Gasteiger partial charge in [-0.2, -0.15) is 0 Å². The topological polar surface area (TPSA) is 73.6 Å². The molecule has 1 aromatic heterocycles. The molecule has 1 heterocycles. The first-order valence-corrected chi connectivity index (χ1v) is 10.8. The van der Waals surface area contributed by atoms with Gasteiger partial charge in [0.2, 0.25) is 0 Å². The highest BCUT2D eigenvalue weighted by molar-refractivity contribution is 6.31. The first kappa shape index (κ1) is 27.2. The zero-order valence-electron chi connectivity index (χ0n) is 19.8. The van der Waals surface area contributed by atoms with E-state index in [4.69, 9.17) is 21.1 Å². The minimum absolute atomic E-state index is 0.136. The molecule has 0 radical (unpaired) electrons. The second-order valence-corrected chi connectivity index (χ2v) is 7.78. The second-order valence-electron chi connectivity index (χ2n) is 7.37. The van der Waals surface area contributed by atoms with E-state index in [1.54, 1.807) is 51.4 Å². The van der Waals surface area contributed by atoms with E-state index < -0.39 is 5.60 Å². The van der Waals surface area contributed by atoms with Crippen LogP contribution in [-0.2, 0) is 0 Å². The molecule has 1 N–H and O–H groups in total. The number of aromatic nitrogens is 2. The Hall–Kier alpha value is -2.83. The Morgan fingerprint density at radius 1 is 1.09 bits per heavy atom. The summed E-state index contributed by atoms with van der Waals surface area (Å²) in [6.45, 7) is 11.1. The van der Waals surface area contributed by atoms with Gasteiger partial charge in [0.05, 0.1) is 18.4 Å². The summed E-state index contributed by atoms with van der Waals surface area (Å²) in [5, 5.41) is 10.6. The summed E-state index contributed by atoms with van der Waals surface area (Å²) in [6, 6.07) is 12.9. The normalized spacial score (nSPS) is 10.3. The molecule has 0 atom stereocenters. The number of aliphatic hydroxyl groups is 1. The van der Waals surface area contributed by atoms with Crippen molar-refractivity contribution in [3.05, 3.63) is 81.5 Å². The summed E-state index contributed by atoms with van der Waals surface area (Å²) in [4.78, 5) is 16.1. The maximum absolute atomic E-state index is 12.1. The molecule has 0 fully saturated rings. The van der Waals surface area contributed by atoms with Crippen molar-refractivity contribution in [2.24, 2.45) is 0 Å². The van der Waals surface area contributed by atoms with Gasteiger partial charge in [-0.05, 0) is 51.5 Å². The van der Waals surface area contributed by atoms with Crippen molar-refractivity contribution in [1.82, 2.24) is 9.55 Å². The van der Waals surface area contributed by atoms with Crippen molar-refractivity contribution in [3.8, 4) is 17.2 Å². The highest BCUT2D eigenvalue weighted by Gasteiger charge is 2.16. The molecule has 0 bridgehead atoms. The van der Waals surface area contributed by atoms with Gasteiger partial charge in [-0.3, -0.25) is 14.3 Å². The first-order chi connectivity index (χ1) is 15.1.